The number of anilines is 1. The van der Waals surface area contributed by atoms with Gasteiger partial charge in [-0.2, -0.15) is 0 Å². The lowest BCUT2D eigenvalue weighted by atomic mass is 9.91. The predicted molar refractivity (Wildman–Crippen MR) is 235 cm³/mol. The van der Waals surface area contributed by atoms with E-state index in [9.17, 15) is 33.9 Å². The number of hydrogen-bond acceptors (Lipinski definition) is 10. The Morgan fingerprint density at radius 3 is 2.23 bits per heavy atom. The van der Waals surface area contributed by atoms with Crippen molar-refractivity contribution < 1.29 is 33.9 Å². The number of carbonyl (C=O) groups is 6. The molecule has 0 spiro atoms. The largest absolute Gasteiger partial charge is 0.387 e. The average Bonchev–Trinajstić information content (AvgIpc) is 3.71. The monoisotopic (exact) mass is 866 g/mol. The summed E-state index contributed by atoms with van der Waals surface area (Å²) in [6.07, 6.45) is 13.9. The van der Waals surface area contributed by atoms with Gasteiger partial charge in [0.1, 0.15) is 24.0 Å². The van der Waals surface area contributed by atoms with E-state index in [0.717, 1.165) is 97.3 Å². The zero-order valence-corrected chi connectivity index (χ0v) is 36.5. The van der Waals surface area contributed by atoms with Crippen molar-refractivity contribution in [3.63, 3.8) is 0 Å². The van der Waals surface area contributed by atoms with Crippen molar-refractivity contribution in [1.29, 1.82) is 0 Å². The normalized spacial score (nSPS) is 20.4. The lowest BCUT2D eigenvalue weighted by Gasteiger charge is -2.38. The molecule has 330 valence electrons. The molecule has 2 fully saturated rings. The summed E-state index contributed by atoms with van der Waals surface area (Å²) in [6.45, 7) is 4.57. The van der Waals surface area contributed by atoms with Crippen LogP contribution < -0.4 is 10.2 Å². The molecule has 4 heterocycles. The number of benzene rings is 2. The van der Waals surface area contributed by atoms with Crippen LogP contribution in [-0.4, -0.2) is 92.4 Å². The van der Waals surface area contributed by atoms with Crippen LogP contribution in [0.2, 0.25) is 5.02 Å². The molecule has 13 nitrogen and oxygen atoms in total. The highest BCUT2D eigenvalue weighted by Gasteiger charge is 2.45. The van der Waals surface area contributed by atoms with Gasteiger partial charge in [-0.3, -0.25) is 39.0 Å². The second kappa shape index (κ2) is 20.9. The van der Waals surface area contributed by atoms with Crippen LogP contribution >= 0.6 is 11.6 Å². The number of imide groups is 2. The maximum Gasteiger partial charge on any atom is 0.262 e. The number of amides is 5. The fourth-order valence-electron chi connectivity index (χ4n) is 9.73. The molecule has 1 aromatic heterocycles. The molecule has 7 rings (SSSR count). The van der Waals surface area contributed by atoms with Gasteiger partial charge in [0.15, 0.2) is 0 Å². The van der Waals surface area contributed by atoms with E-state index < -0.39 is 35.8 Å². The van der Waals surface area contributed by atoms with E-state index >= 15 is 0 Å². The van der Waals surface area contributed by atoms with Crippen molar-refractivity contribution in [2.75, 3.05) is 31.1 Å². The maximum atomic E-state index is 14.0. The number of nitrogens with zero attached hydrogens (tertiary/aromatic N) is 5. The minimum atomic E-state index is -0.964. The number of Topliss-reactive ketones (excluding diaryl/α,β-unsaturated/α-hetero) is 1. The summed E-state index contributed by atoms with van der Waals surface area (Å²) < 4.78 is 0. The van der Waals surface area contributed by atoms with E-state index in [4.69, 9.17) is 11.6 Å². The van der Waals surface area contributed by atoms with Gasteiger partial charge in [-0.25, -0.2) is 9.97 Å². The van der Waals surface area contributed by atoms with Gasteiger partial charge >= 0.3 is 0 Å². The topological polar surface area (TPSA) is 170 Å². The summed E-state index contributed by atoms with van der Waals surface area (Å²) in [6, 6.07) is 11.9. The van der Waals surface area contributed by atoms with Crippen molar-refractivity contribution >= 4 is 52.7 Å². The minimum absolute atomic E-state index is 0.0942. The number of unbranched alkanes of at least 4 members (excludes halogenated alkanes) is 8. The Labute approximate surface area is 369 Å². The number of rotatable bonds is 20. The molecule has 14 heteroatoms. The molecule has 1 unspecified atom stereocenters. The third kappa shape index (κ3) is 10.4. The molecular weight excluding hydrogens is 808 g/mol. The van der Waals surface area contributed by atoms with Crippen LogP contribution in [0.4, 0.5) is 5.82 Å². The van der Waals surface area contributed by atoms with E-state index in [0.29, 0.717) is 74.4 Å². The summed E-state index contributed by atoms with van der Waals surface area (Å²) in [5.41, 5.74) is 4.22. The van der Waals surface area contributed by atoms with E-state index in [1.165, 1.54) is 6.33 Å². The molecule has 5 amide bonds. The summed E-state index contributed by atoms with van der Waals surface area (Å²) in [7, 11) is 0. The van der Waals surface area contributed by atoms with Gasteiger partial charge in [-0.05, 0) is 80.2 Å². The average molecular weight is 867 g/mol. The van der Waals surface area contributed by atoms with Gasteiger partial charge in [0.2, 0.25) is 17.7 Å². The fraction of sp³-hybridized carbons (Fsp3) is 0.542. The number of piperidine rings is 1. The molecule has 2 N–H and O–H groups in total. The Balaban J connectivity index is 0.766. The van der Waals surface area contributed by atoms with Crippen LogP contribution in [0.3, 0.4) is 0 Å². The number of nitrogens with one attached hydrogen (secondary N) is 1. The van der Waals surface area contributed by atoms with Crippen molar-refractivity contribution in [3.05, 3.63) is 87.3 Å². The van der Waals surface area contributed by atoms with Crippen molar-refractivity contribution in [2.24, 2.45) is 0 Å². The van der Waals surface area contributed by atoms with Crippen molar-refractivity contribution in [3.8, 4) is 0 Å². The first-order valence-corrected chi connectivity index (χ1v) is 23.1. The van der Waals surface area contributed by atoms with Crippen LogP contribution in [0.25, 0.3) is 0 Å². The lowest BCUT2D eigenvalue weighted by molar-refractivity contribution is -0.136. The van der Waals surface area contributed by atoms with Crippen LogP contribution in [0.1, 0.15) is 171 Å². The number of fused-ring (bicyclic) bond motifs is 2. The van der Waals surface area contributed by atoms with Crippen LogP contribution in [0, 0.1) is 0 Å². The predicted octanol–water partition coefficient (Wildman–Crippen LogP) is 7.39. The number of aliphatic hydroxyl groups excluding tert-OH is 1. The van der Waals surface area contributed by atoms with Crippen molar-refractivity contribution in [2.45, 2.75) is 140 Å². The zero-order valence-electron chi connectivity index (χ0n) is 35.8. The second-order valence-electron chi connectivity index (χ2n) is 17.5. The Kier molecular flexibility index (Phi) is 15.2. The standard InChI is InChI=1S/C48H59ClN6O7/c1-31-29-39(57)43-41(31)44(51-30-50-43)53-25-27-54(28-26-53)46(60)36(32-19-21-34(49)22-20-32)17-11-10-16-35(56)15-9-7-5-3-2-4-6-8-13-33-14-12-18-37-42(33)48(62)55(47(37)61)38-23-24-40(58)52-45(38)59/h12,14,18-22,30-31,36,38-39,57H,2-11,13,15-17,23-29H2,1H3,(H,52,58,59)/t31-,36-,38?,39-/m1/s1. The highest BCUT2D eigenvalue weighted by atomic mass is 35.5. The molecule has 0 radical (unpaired) electrons. The summed E-state index contributed by atoms with van der Waals surface area (Å²) >= 11 is 6.21. The number of hydrogen-bond donors (Lipinski definition) is 2. The number of piperazine rings is 1. The number of halogens is 1. The zero-order chi connectivity index (χ0) is 43.8. The van der Waals surface area contributed by atoms with E-state index in [2.05, 4.69) is 27.1 Å². The summed E-state index contributed by atoms with van der Waals surface area (Å²) in [5, 5.41) is 13.3. The van der Waals surface area contributed by atoms with E-state index in [1.807, 2.05) is 35.2 Å². The fourth-order valence-corrected chi connectivity index (χ4v) is 9.85. The smallest absolute Gasteiger partial charge is 0.262 e. The molecule has 2 aromatic carbocycles. The first kappa shape index (κ1) is 45.0. The van der Waals surface area contributed by atoms with Gasteiger partial charge in [0, 0.05) is 56.0 Å². The number of ketones is 1. The van der Waals surface area contributed by atoms with Crippen LogP contribution in [-0.2, 0) is 25.6 Å². The number of aliphatic hydroxyl groups is 1. The Morgan fingerprint density at radius 2 is 1.52 bits per heavy atom. The van der Waals surface area contributed by atoms with Gasteiger partial charge in [0.05, 0.1) is 28.8 Å². The molecule has 4 atom stereocenters. The van der Waals surface area contributed by atoms with Crippen LogP contribution in [0.15, 0.2) is 48.8 Å². The quantitative estimate of drug-likeness (QED) is 0.0863. The van der Waals surface area contributed by atoms with E-state index in [-0.39, 0.29) is 36.4 Å². The van der Waals surface area contributed by atoms with Gasteiger partial charge < -0.3 is 14.9 Å². The highest BCUT2D eigenvalue weighted by molar-refractivity contribution is 6.30. The lowest BCUT2D eigenvalue weighted by Crippen LogP contribution is -2.54. The van der Waals surface area contributed by atoms with Gasteiger partial charge in [-0.1, -0.05) is 87.7 Å². The number of aryl methyl sites for hydroxylation is 1. The number of carbonyl (C=O) groups excluding carboxylic acids is 6. The SMILES string of the molecule is C[C@@H]1C[C@@H](O)c2ncnc(N3CCN(C(=O)[C@H](CCCCC(=O)CCCCCCCCCCc4cccc5c4C(=O)N(C4CCC(=O)NC4=O)C5=O)c4ccc(Cl)cc4)CC3)c21. The first-order chi connectivity index (χ1) is 30.0. The maximum absolute atomic E-state index is 14.0. The van der Waals surface area contributed by atoms with Gasteiger partial charge in [-0.15, -0.1) is 0 Å². The van der Waals surface area contributed by atoms with Crippen LogP contribution in [0.5, 0.6) is 0 Å². The Bertz CT molecular complexity index is 2140. The second-order valence-corrected chi connectivity index (χ2v) is 17.9. The molecule has 62 heavy (non-hydrogen) atoms. The molecule has 0 bridgehead atoms. The third-order valence-electron chi connectivity index (χ3n) is 13.1. The van der Waals surface area contributed by atoms with Crippen molar-refractivity contribution in [1.82, 2.24) is 25.1 Å². The van der Waals surface area contributed by atoms with E-state index in [1.54, 1.807) is 12.1 Å². The summed E-state index contributed by atoms with van der Waals surface area (Å²) in [5.74, 6) is -0.803. The molecule has 4 aliphatic rings. The molecular formula is C48H59ClN6O7. The molecule has 0 saturated carbocycles. The minimum Gasteiger partial charge on any atom is -0.387 e. The van der Waals surface area contributed by atoms with Gasteiger partial charge in [0.25, 0.3) is 11.8 Å². The Morgan fingerprint density at radius 1 is 0.839 bits per heavy atom. The molecule has 2 saturated heterocycles. The summed E-state index contributed by atoms with van der Waals surface area (Å²) in [4.78, 5) is 91.4. The highest BCUT2D eigenvalue weighted by Crippen LogP contribution is 2.43. The molecule has 3 aliphatic heterocycles. The Hall–Kier alpha value is -5.01. The first-order valence-electron chi connectivity index (χ1n) is 22.7. The molecule has 3 aromatic rings. The molecule has 1 aliphatic carbocycles. The number of aromatic nitrogens is 2. The third-order valence-corrected chi connectivity index (χ3v) is 13.4.